The number of rotatable bonds is 2. The van der Waals surface area contributed by atoms with E-state index >= 15 is 0 Å². The molecule has 0 amide bonds. The summed E-state index contributed by atoms with van der Waals surface area (Å²) in [5.41, 5.74) is 1.66. The summed E-state index contributed by atoms with van der Waals surface area (Å²) in [5, 5.41) is 12.1. The van der Waals surface area contributed by atoms with Gasteiger partial charge in [-0.05, 0) is 28.6 Å². The molecule has 94 valence electrons. The molecule has 19 heavy (non-hydrogen) atoms. The largest absolute Gasteiger partial charge is 0.507 e. The van der Waals surface area contributed by atoms with E-state index in [9.17, 15) is 9.50 Å². The Morgan fingerprint density at radius 3 is 2.58 bits per heavy atom. The van der Waals surface area contributed by atoms with Gasteiger partial charge in [-0.3, -0.25) is 0 Å². The van der Waals surface area contributed by atoms with Crippen molar-refractivity contribution in [1.82, 2.24) is 0 Å². The molecule has 0 fully saturated rings. The van der Waals surface area contributed by atoms with Crippen LogP contribution in [0.5, 0.6) is 5.75 Å². The van der Waals surface area contributed by atoms with Crippen molar-refractivity contribution >= 4 is 10.8 Å². The Bertz CT molecular complexity index is 734. The van der Waals surface area contributed by atoms with E-state index in [1.807, 2.05) is 42.5 Å². The Morgan fingerprint density at radius 1 is 0.895 bits per heavy atom. The van der Waals surface area contributed by atoms with Gasteiger partial charge in [0.05, 0.1) is 0 Å². The predicted molar refractivity (Wildman–Crippen MR) is 74.8 cm³/mol. The zero-order chi connectivity index (χ0) is 13.2. The number of hydrogen-bond donors (Lipinski definition) is 1. The summed E-state index contributed by atoms with van der Waals surface area (Å²) in [7, 11) is 0. The second kappa shape index (κ2) is 4.73. The molecule has 1 nitrogen and oxygen atoms in total. The lowest BCUT2D eigenvalue weighted by Gasteiger charge is -2.08. The van der Waals surface area contributed by atoms with Crippen LogP contribution in [0.25, 0.3) is 10.8 Å². The zero-order valence-electron chi connectivity index (χ0n) is 10.3. The van der Waals surface area contributed by atoms with Crippen LogP contribution >= 0.6 is 0 Å². The number of phenols is 1. The molecule has 0 aliphatic heterocycles. The van der Waals surface area contributed by atoms with E-state index in [0.717, 1.165) is 21.9 Å². The highest BCUT2D eigenvalue weighted by Gasteiger charge is 2.07. The minimum atomic E-state index is -0.252. The Labute approximate surface area is 110 Å². The maximum atomic E-state index is 13.2. The van der Waals surface area contributed by atoms with Gasteiger partial charge in [-0.2, -0.15) is 0 Å². The molecule has 0 saturated carbocycles. The maximum absolute atomic E-state index is 13.2. The number of fused-ring (bicyclic) bond motifs is 1. The Kier molecular flexibility index (Phi) is 2.92. The summed E-state index contributed by atoms with van der Waals surface area (Å²) in [6.45, 7) is 0. The lowest BCUT2D eigenvalue weighted by atomic mass is 10.00. The van der Waals surface area contributed by atoms with Crippen molar-refractivity contribution < 1.29 is 9.50 Å². The number of halogens is 1. The molecular weight excluding hydrogens is 239 g/mol. The van der Waals surface area contributed by atoms with Gasteiger partial charge in [0, 0.05) is 11.8 Å². The monoisotopic (exact) mass is 252 g/mol. The molecule has 0 saturated heterocycles. The molecule has 2 heteroatoms. The highest BCUT2D eigenvalue weighted by Crippen LogP contribution is 2.30. The van der Waals surface area contributed by atoms with E-state index in [2.05, 4.69) is 0 Å². The van der Waals surface area contributed by atoms with Crippen LogP contribution in [0.2, 0.25) is 0 Å². The van der Waals surface area contributed by atoms with Crippen molar-refractivity contribution in [2.75, 3.05) is 0 Å². The van der Waals surface area contributed by atoms with Gasteiger partial charge in [0.2, 0.25) is 0 Å². The van der Waals surface area contributed by atoms with Crippen LogP contribution in [0.1, 0.15) is 11.1 Å². The molecule has 0 radical (unpaired) electrons. The van der Waals surface area contributed by atoms with Crippen LogP contribution in [-0.2, 0) is 6.42 Å². The molecule has 3 rings (SSSR count). The Morgan fingerprint density at radius 2 is 1.74 bits per heavy atom. The van der Waals surface area contributed by atoms with E-state index in [1.54, 1.807) is 6.07 Å². The van der Waals surface area contributed by atoms with Crippen LogP contribution in [0, 0.1) is 5.82 Å². The van der Waals surface area contributed by atoms with Gasteiger partial charge in [0.25, 0.3) is 0 Å². The third kappa shape index (κ3) is 2.29. The maximum Gasteiger partial charge on any atom is 0.126 e. The third-order valence-corrected chi connectivity index (χ3v) is 3.27. The van der Waals surface area contributed by atoms with Crippen molar-refractivity contribution in [3.05, 3.63) is 77.6 Å². The standard InChI is InChI=1S/C17H13FO/c18-15-6-3-4-12(11-15)10-14-9-8-13-5-1-2-7-16(13)17(14)19/h1-9,11,19H,10H2. The molecule has 1 N–H and O–H groups in total. The minimum Gasteiger partial charge on any atom is -0.507 e. The van der Waals surface area contributed by atoms with Gasteiger partial charge in [-0.15, -0.1) is 0 Å². The summed E-state index contributed by atoms with van der Waals surface area (Å²) in [4.78, 5) is 0. The van der Waals surface area contributed by atoms with Crippen LogP contribution < -0.4 is 0 Å². The molecule has 0 aliphatic carbocycles. The number of aromatic hydroxyl groups is 1. The summed E-state index contributed by atoms with van der Waals surface area (Å²) in [5.74, 6) is 0.0279. The van der Waals surface area contributed by atoms with Crippen molar-refractivity contribution in [3.63, 3.8) is 0 Å². The first-order valence-corrected chi connectivity index (χ1v) is 6.18. The molecule has 0 atom stereocenters. The molecule has 0 aromatic heterocycles. The zero-order valence-corrected chi connectivity index (χ0v) is 10.3. The van der Waals surface area contributed by atoms with E-state index in [1.165, 1.54) is 12.1 Å². The first-order valence-electron chi connectivity index (χ1n) is 6.18. The molecule has 0 spiro atoms. The lowest BCUT2D eigenvalue weighted by molar-refractivity contribution is 0.476. The van der Waals surface area contributed by atoms with E-state index in [0.29, 0.717) is 6.42 Å². The van der Waals surface area contributed by atoms with Crippen LogP contribution in [0.3, 0.4) is 0 Å². The van der Waals surface area contributed by atoms with Crippen molar-refractivity contribution in [2.45, 2.75) is 6.42 Å². The molecule has 3 aromatic rings. The van der Waals surface area contributed by atoms with Gasteiger partial charge >= 0.3 is 0 Å². The summed E-state index contributed by atoms with van der Waals surface area (Å²) >= 11 is 0. The summed E-state index contributed by atoms with van der Waals surface area (Å²) < 4.78 is 13.2. The minimum absolute atomic E-state index is 0.252. The predicted octanol–water partition coefficient (Wildman–Crippen LogP) is 4.28. The molecule has 0 heterocycles. The first kappa shape index (κ1) is 11.7. The van der Waals surface area contributed by atoms with E-state index < -0.39 is 0 Å². The van der Waals surface area contributed by atoms with Crippen molar-refractivity contribution in [2.24, 2.45) is 0 Å². The molecule has 0 unspecified atom stereocenters. The summed E-state index contributed by atoms with van der Waals surface area (Å²) in [6, 6.07) is 18.0. The topological polar surface area (TPSA) is 20.2 Å². The fraction of sp³-hybridized carbons (Fsp3) is 0.0588. The van der Waals surface area contributed by atoms with Gasteiger partial charge < -0.3 is 5.11 Å². The fourth-order valence-electron chi connectivity index (χ4n) is 2.31. The highest BCUT2D eigenvalue weighted by molar-refractivity contribution is 5.89. The second-order valence-corrected chi connectivity index (χ2v) is 4.60. The van der Waals surface area contributed by atoms with Gasteiger partial charge in [-0.1, -0.05) is 48.5 Å². The van der Waals surface area contributed by atoms with Gasteiger partial charge in [0.15, 0.2) is 0 Å². The lowest BCUT2D eigenvalue weighted by Crippen LogP contribution is -1.90. The average Bonchev–Trinajstić information content (AvgIpc) is 2.42. The molecular formula is C17H13FO. The summed E-state index contributed by atoms with van der Waals surface area (Å²) in [6.07, 6.45) is 0.522. The fourth-order valence-corrected chi connectivity index (χ4v) is 2.31. The smallest absolute Gasteiger partial charge is 0.126 e. The highest BCUT2D eigenvalue weighted by atomic mass is 19.1. The van der Waals surface area contributed by atoms with Gasteiger partial charge in [0.1, 0.15) is 11.6 Å². The molecule has 0 bridgehead atoms. The quantitative estimate of drug-likeness (QED) is 0.722. The Hall–Kier alpha value is -2.35. The van der Waals surface area contributed by atoms with E-state index in [4.69, 9.17) is 0 Å². The van der Waals surface area contributed by atoms with Crippen LogP contribution in [-0.4, -0.2) is 5.11 Å². The SMILES string of the molecule is Oc1c(Cc2cccc(F)c2)ccc2ccccc12. The van der Waals surface area contributed by atoms with Crippen molar-refractivity contribution in [1.29, 1.82) is 0 Å². The molecule has 3 aromatic carbocycles. The first-order chi connectivity index (χ1) is 9.24. The van der Waals surface area contributed by atoms with E-state index in [-0.39, 0.29) is 11.6 Å². The number of hydrogen-bond acceptors (Lipinski definition) is 1. The normalized spacial score (nSPS) is 10.8. The average molecular weight is 252 g/mol. The number of phenolic OH excluding ortho intramolecular Hbond substituents is 1. The van der Waals surface area contributed by atoms with Gasteiger partial charge in [-0.25, -0.2) is 4.39 Å². The second-order valence-electron chi connectivity index (χ2n) is 4.60. The van der Waals surface area contributed by atoms with Crippen LogP contribution in [0.4, 0.5) is 4.39 Å². The van der Waals surface area contributed by atoms with Crippen LogP contribution in [0.15, 0.2) is 60.7 Å². The molecule has 0 aliphatic rings. The Balaban J connectivity index is 2.04. The van der Waals surface area contributed by atoms with Crippen molar-refractivity contribution in [3.8, 4) is 5.75 Å². The number of benzene rings is 3. The third-order valence-electron chi connectivity index (χ3n) is 3.27.